The Morgan fingerprint density at radius 2 is 1.74 bits per heavy atom. The number of H-pyrrole nitrogens is 1. The second kappa shape index (κ2) is 9.62. The van der Waals surface area contributed by atoms with E-state index in [1.807, 2.05) is 4.90 Å². The van der Waals surface area contributed by atoms with Crippen molar-refractivity contribution in [3.8, 4) is 17.2 Å². The second-order valence-electron chi connectivity index (χ2n) is 8.53. The van der Waals surface area contributed by atoms with E-state index in [0.29, 0.717) is 34.8 Å². The summed E-state index contributed by atoms with van der Waals surface area (Å²) in [6.07, 6.45) is 1.81. The van der Waals surface area contributed by atoms with Crippen LogP contribution in [-0.4, -0.2) is 56.2 Å². The van der Waals surface area contributed by atoms with Crippen molar-refractivity contribution < 1.29 is 23.8 Å². The first-order chi connectivity index (χ1) is 16.3. The highest BCUT2D eigenvalue weighted by Crippen LogP contribution is 2.40. The number of carbonyl (C=O) groups is 2. The lowest BCUT2D eigenvalue weighted by atomic mass is 9.92. The van der Waals surface area contributed by atoms with E-state index in [4.69, 9.17) is 14.2 Å². The first-order valence-corrected chi connectivity index (χ1v) is 11.1. The molecular weight excluding hydrogens is 442 g/mol. The first-order valence-electron chi connectivity index (χ1n) is 11.1. The van der Waals surface area contributed by atoms with Crippen LogP contribution in [-0.2, 0) is 9.59 Å². The maximum Gasteiger partial charge on any atom is 0.258 e. The van der Waals surface area contributed by atoms with Crippen LogP contribution in [0, 0.1) is 5.92 Å². The number of rotatable bonds is 6. The molecule has 0 aliphatic carbocycles. The number of amides is 2. The molecule has 0 saturated carbocycles. The normalized spacial score (nSPS) is 18.1. The Bertz CT molecular complexity index is 1130. The van der Waals surface area contributed by atoms with Crippen molar-refractivity contribution in [2.24, 2.45) is 5.92 Å². The number of methoxy groups -OCH3 is 3. The van der Waals surface area contributed by atoms with Gasteiger partial charge in [-0.2, -0.15) is 4.98 Å². The van der Waals surface area contributed by atoms with Crippen molar-refractivity contribution in [2.75, 3.05) is 50.0 Å². The number of carbonyl (C=O) groups excluding carboxylic acids is 2. The highest BCUT2D eigenvalue weighted by Gasteiger charge is 2.35. The summed E-state index contributed by atoms with van der Waals surface area (Å²) in [7, 11) is 4.42. The van der Waals surface area contributed by atoms with Crippen LogP contribution < -0.4 is 35.3 Å². The van der Waals surface area contributed by atoms with E-state index in [0.717, 1.165) is 25.9 Å². The van der Waals surface area contributed by atoms with Crippen LogP contribution in [0.1, 0.15) is 37.7 Å². The standard InChI is InChI=1S/C23H29N5O6/c1-12-5-7-28(8-6-12)23-26-20-18(22(31)27-23)14(11-17(29)25-20)21(30)24-13-9-15(32-2)19(34-4)16(10-13)33-3/h9-10,12,14H,5-8,11H2,1-4H3,(H,24,30)(H2,25,26,27,29,31)/t14-/m1/s1. The first kappa shape index (κ1) is 23.4. The van der Waals surface area contributed by atoms with Gasteiger partial charge >= 0.3 is 0 Å². The molecule has 0 spiro atoms. The fourth-order valence-corrected chi connectivity index (χ4v) is 4.34. The van der Waals surface area contributed by atoms with Crippen molar-refractivity contribution in [1.82, 2.24) is 9.97 Å². The number of aromatic amines is 1. The molecule has 2 aliphatic heterocycles. The summed E-state index contributed by atoms with van der Waals surface area (Å²) < 4.78 is 16.0. The molecule has 1 atom stereocenters. The van der Waals surface area contributed by atoms with E-state index in [1.165, 1.54) is 21.3 Å². The summed E-state index contributed by atoms with van der Waals surface area (Å²) in [6.45, 7) is 3.72. The summed E-state index contributed by atoms with van der Waals surface area (Å²) in [4.78, 5) is 47.9. The highest BCUT2D eigenvalue weighted by molar-refractivity contribution is 6.04. The van der Waals surface area contributed by atoms with E-state index in [2.05, 4.69) is 27.5 Å². The topological polar surface area (TPSA) is 135 Å². The van der Waals surface area contributed by atoms with Crippen LogP contribution >= 0.6 is 0 Å². The van der Waals surface area contributed by atoms with Gasteiger partial charge in [0.15, 0.2) is 11.5 Å². The van der Waals surface area contributed by atoms with Gasteiger partial charge in [-0.25, -0.2) is 0 Å². The predicted octanol–water partition coefficient (Wildman–Crippen LogP) is 2.10. The molecule has 3 heterocycles. The molecule has 1 saturated heterocycles. The highest BCUT2D eigenvalue weighted by atomic mass is 16.5. The van der Waals surface area contributed by atoms with Crippen molar-refractivity contribution >= 4 is 29.3 Å². The fourth-order valence-electron chi connectivity index (χ4n) is 4.34. The number of hydrogen-bond acceptors (Lipinski definition) is 8. The van der Waals surface area contributed by atoms with Crippen LogP contribution in [0.3, 0.4) is 0 Å². The Balaban J connectivity index is 1.63. The molecule has 0 unspecified atom stereocenters. The smallest absolute Gasteiger partial charge is 0.258 e. The van der Waals surface area contributed by atoms with Crippen molar-refractivity contribution in [1.29, 1.82) is 0 Å². The number of anilines is 3. The monoisotopic (exact) mass is 471 g/mol. The Kier molecular flexibility index (Phi) is 6.62. The van der Waals surface area contributed by atoms with Crippen LogP contribution in [0.5, 0.6) is 17.2 Å². The van der Waals surface area contributed by atoms with E-state index >= 15 is 0 Å². The zero-order chi connectivity index (χ0) is 24.4. The molecule has 3 N–H and O–H groups in total. The molecule has 1 fully saturated rings. The fraction of sp³-hybridized carbons (Fsp3) is 0.478. The van der Waals surface area contributed by atoms with Gasteiger partial charge in [0.1, 0.15) is 5.82 Å². The molecule has 182 valence electrons. The summed E-state index contributed by atoms with van der Waals surface area (Å²) >= 11 is 0. The molecule has 0 radical (unpaired) electrons. The van der Waals surface area contributed by atoms with Gasteiger partial charge in [-0.15, -0.1) is 0 Å². The van der Waals surface area contributed by atoms with Crippen LogP contribution in [0.15, 0.2) is 16.9 Å². The third-order valence-electron chi connectivity index (χ3n) is 6.27. The number of piperidine rings is 1. The molecule has 0 bridgehead atoms. The Hall–Kier alpha value is -3.76. The Labute approximate surface area is 196 Å². The lowest BCUT2D eigenvalue weighted by molar-refractivity contribution is -0.123. The number of fused-ring (bicyclic) bond motifs is 1. The van der Waals surface area contributed by atoms with Gasteiger partial charge in [-0.3, -0.25) is 19.4 Å². The van der Waals surface area contributed by atoms with Crippen LogP contribution in [0.25, 0.3) is 0 Å². The van der Waals surface area contributed by atoms with Gasteiger partial charge in [0.05, 0.1) is 32.8 Å². The molecule has 2 amide bonds. The van der Waals surface area contributed by atoms with Crippen molar-refractivity contribution in [3.63, 3.8) is 0 Å². The summed E-state index contributed by atoms with van der Waals surface area (Å²) in [5, 5.41) is 5.41. The van der Waals surface area contributed by atoms with E-state index in [1.54, 1.807) is 12.1 Å². The van der Waals surface area contributed by atoms with E-state index < -0.39 is 17.4 Å². The molecule has 2 aliphatic rings. The summed E-state index contributed by atoms with van der Waals surface area (Å²) in [5.41, 5.74) is 0.0674. The van der Waals surface area contributed by atoms with Crippen molar-refractivity contribution in [2.45, 2.75) is 32.1 Å². The number of aromatic nitrogens is 2. The largest absolute Gasteiger partial charge is 0.493 e. The number of ether oxygens (including phenoxy) is 3. The number of nitrogens with zero attached hydrogens (tertiary/aromatic N) is 2. The minimum Gasteiger partial charge on any atom is -0.493 e. The zero-order valence-electron chi connectivity index (χ0n) is 19.7. The zero-order valence-corrected chi connectivity index (χ0v) is 19.7. The summed E-state index contributed by atoms with van der Waals surface area (Å²) in [5.74, 6) is 0.341. The quantitative estimate of drug-likeness (QED) is 0.583. The molecule has 1 aromatic heterocycles. The minimum absolute atomic E-state index is 0.124. The van der Waals surface area contributed by atoms with Gasteiger partial charge in [-0.05, 0) is 18.8 Å². The lowest BCUT2D eigenvalue weighted by Gasteiger charge is -2.31. The van der Waals surface area contributed by atoms with Gasteiger partial charge in [0.25, 0.3) is 5.56 Å². The molecular formula is C23H29N5O6. The second-order valence-corrected chi connectivity index (χ2v) is 8.53. The maximum atomic E-state index is 13.2. The third kappa shape index (κ3) is 4.50. The third-order valence-corrected chi connectivity index (χ3v) is 6.27. The number of hydrogen-bond donors (Lipinski definition) is 3. The Morgan fingerprint density at radius 1 is 1.09 bits per heavy atom. The lowest BCUT2D eigenvalue weighted by Crippen LogP contribution is -2.39. The molecule has 11 heteroatoms. The predicted molar refractivity (Wildman–Crippen MR) is 126 cm³/mol. The van der Waals surface area contributed by atoms with Gasteiger partial charge in [-0.1, -0.05) is 6.92 Å². The average molecular weight is 472 g/mol. The van der Waals surface area contributed by atoms with Crippen LogP contribution in [0.2, 0.25) is 0 Å². The number of benzene rings is 1. The molecule has 1 aromatic carbocycles. The molecule has 4 rings (SSSR count). The van der Waals surface area contributed by atoms with Gasteiger partial charge in [0, 0.05) is 37.3 Å². The number of nitrogens with one attached hydrogen (secondary N) is 3. The minimum atomic E-state index is -1.01. The van der Waals surface area contributed by atoms with Crippen molar-refractivity contribution in [3.05, 3.63) is 28.0 Å². The van der Waals surface area contributed by atoms with E-state index in [9.17, 15) is 14.4 Å². The van der Waals surface area contributed by atoms with Gasteiger partial charge in [0.2, 0.25) is 23.5 Å². The molecule has 2 aromatic rings. The molecule has 34 heavy (non-hydrogen) atoms. The van der Waals surface area contributed by atoms with E-state index in [-0.39, 0.29) is 23.7 Å². The van der Waals surface area contributed by atoms with Crippen LogP contribution in [0.4, 0.5) is 17.5 Å². The Morgan fingerprint density at radius 3 is 2.32 bits per heavy atom. The SMILES string of the molecule is COc1cc(NC(=O)[C@@H]2CC(=O)Nc3nc(N4CCC(C)CC4)[nH]c(=O)c32)cc(OC)c1OC. The molecule has 11 nitrogen and oxygen atoms in total. The average Bonchev–Trinajstić information content (AvgIpc) is 2.82. The maximum absolute atomic E-state index is 13.2. The van der Waals surface area contributed by atoms with Gasteiger partial charge < -0.3 is 29.7 Å². The summed E-state index contributed by atoms with van der Waals surface area (Å²) in [6, 6.07) is 3.15.